The molecule has 21 heavy (non-hydrogen) atoms. The lowest BCUT2D eigenvalue weighted by molar-refractivity contribution is 0.340. The normalized spacial score (nSPS) is 12.2. The highest BCUT2D eigenvalue weighted by molar-refractivity contribution is 6.34. The lowest BCUT2D eigenvalue weighted by Gasteiger charge is -2.20. The SMILES string of the molecule is CCNC(c1ccc(OCC)cc1)c1cc(Cl)cc(Cl)c1. The van der Waals surface area contributed by atoms with Crippen LogP contribution in [0.1, 0.15) is 31.0 Å². The van der Waals surface area contributed by atoms with Gasteiger partial charge in [0, 0.05) is 10.0 Å². The van der Waals surface area contributed by atoms with Crippen molar-refractivity contribution < 1.29 is 4.74 Å². The summed E-state index contributed by atoms with van der Waals surface area (Å²) in [6, 6.07) is 13.8. The number of benzene rings is 2. The predicted octanol–water partition coefficient (Wildman–Crippen LogP) is 5.09. The molecule has 0 amide bonds. The standard InChI is InChI=1S/C17H19Cl2NO/c1-3-20-17(13-9-14(18)11-15(19)10-13)12-5-7-16(8-6-12)21-4-2/h5-11,17,20H,3-4H2,1-2H3. The molecule has 1 atom stereocenters. The van der Waals surface area contributed by atoms with Gasteiger partial charge in [-0.2, -0.15) is 0 Å². The third kappa shape index (κ3) is 4.37. The molecule has 0 saturated carbocycles. The zero-order valence-electron chi connectivity index (χ0n) is 12.2. The van der Waals surface area contributed by atoms with Gasteiger partial charge in [0.15, 0.2) is 0 Å². The summed E-state index contributed by atoms with van der Waals surface area (Å²) in [5.74, 6) is 0.876. The van der Waals surface area contributed by atoms with Gasteiger partial charge in [0.05, 0.1) is 12.6 Å². The van der Waals surface area contributed by atoms with Gasteiger partial charge in [-0.25, -0.2) is 0 Å². The van der Waals surface area contributed by atoms with Crippen LogP contribution in [0.25, 0.3) is 0 Å². The third-order valence-corrected chi connectivity index (χ3v) is 3.59. The van der Waals surface area contributed by atoms with Crippen LogP contribution < -0.4 is 10.1 Å². The maximum absolute atomic E-state index is 6.12. The van der Waals surface area contributed by atoms with E-state index >= 15 is 0 Å². The number of hydrogen-bond acceptors (Lipinski definition) is 2. The van der Waals surface area contributed by atoms with Crippen molar-refractivity contribution in [3.8, 4) is 5.75 Å². The summed E-state index contributed by atoms with van der Waals surface area (Å²) in [6.07, 6.45) is 0. The van der Waals surface area contributed by atoms with Gasteiger partial charge in [0.25, 0.3) is 0 Å². The maximum Gasteiger partial charge on any atom is 0.119 e. The first-order valence-corrected chi connectivity index (χ1v) is 7.81. The zero-order chi connectivity index (χ0) is 15.2. The second kappa shape index (κ2) is 7.69. The van der Waals surface area contributed by atoms with Gasteiger partial charge >= 0.3 is 0 Å². The van der Waals surface area contributed by atoms with Crippen LogP contribution >= 0.6 is 23.2 Å². The van der Waals surface area contributed by atoms with Crippen molar-refractivity contribution in [1.82, 2.24) is 5.32 Å². The van der Waals surface area contributed by atoms with Crippen molar-refractivity contribution in [1.29, 1.82) is 0 Å². The largest absolute Gasteiger partial charge is 0.494 e. The summed E-state index contributed by atoms with van der Waals surface area (Å²) in [4.78, 5) is 0. The third-order valence-electron chi connectivity index (χ3n) is 3.15. The van der Waals surface area contributed by atoms with Crippen molar-refractivity contribution in [2.45, 2.75) is 19.9 Å². The van der Waals surface area contributed by atoms with Gasteiger partial charge < -0.3 is 10.1 Å². The Balaban J connectivity index is 2.33. The first kappa shape index (κ1) is 16.2. The van der Waals surface area contributed by atoms with Gasteiger partial charge in [-0.1, -0.05) is 42.3 Å². The molecule has 1 N–H and O–H groups in total. The smallest absolute Gasteiger partial charge is 0.119 e. The van der Waals surface area contributed by atoms with Crippen LogP contribution in [-0.2, 0) is 0 Å². The molecule has 0 aliphatic carbocycles. The Hall–Kier alpha value is -1.22. The summed E-state index contributed by atoms with van der Waals surface area (Å²) in [5, 5.41) is 4.75. The van der Waals surface area contributed by atoms with Crippen LogP contribution in [0, 0.1) is 0 Å². The van der Waals surface area contributed by atoms with Gasteiger partial charge in [-0.15, -0.1) is 0 Å². The molecule has 2 aromatic carbocycles. The zero-order valence-corrected chi connectivity index (χ0v) is 13.7. The van der Waals surface area contributed by atoms with Crippen LogP contribution in [0.4, 0.5) is 0 Å². The number of nitrogens with one attached hydrogen (secondary N) is 1. The number of ether oxygens (including phenoxy) is 1. The Morgan fingerprint density at radius 1 is 0.952 bits per heavy atom. The Labute approximate surface area is 136 Å². The Kier molecular flexibility index (Phi) is 5.92. The van der Waals surface area contributed by atoms with E-state index in [0.29, 0.717) is 16.7 Å². The lowest BCUT2D eigenvalue weighted by Crippen LogP contribution is -2.22. The second-order valence-electron chi connectivity index (χ2n) is 4.70. The summed E-state index contributed by atoms with van der Waals surface area (Å²) >= 11 is 12.2. The Bertz CT molecular complexity index is 564. The lowest BCUT2D eigenvalue weighted by atomic mass is 9.98. The topological polar surface area (TPSA) is 21.3 Å². The van der Waals surface area contributed by atoms with Gasteiger partial charge in [-0.05, 0) is 54.9 Å². The molecule has 0 radical (unpaired) electrons. The first-order valence-electron chi connectivity index (χ1n) is 7.06. The van der Waals surface area contributed by atoms with E-state index in [0.717, 1.165) is 23.4 Å². The molecule has 0 saturated heterocycles. The molecular weight excluding hydrogens is 305 g/mol. The van der Waals surface area contributed by atoms with Crippen molar-refractivity contribution in [3.63, 3.8) is 0 Å². The molecule has 1 unspecified atom stereocenters. The molecule has 4 heteroatoms. The molecule has 2 aromatic rings. The summed E-state index contributed by atoms with van der Waals surface area (Å²) in [5.41, 5.74) is 2.21. The highest BCUT2D eigenvalue weighted by Crippen LogP contribution is 2.28. The minimum absolute atomic E-state index is 0.0573. The van der Waals surface area contributed by atoms with Crippen LogP contribution in [0.3, 0.4) is 0 Å². The van der Waals surface area contributed by atoms with E-state index in [9.17, 15) is 0 Å². The summed E-state index contributed by atoms with van der Waals surface area (Å²) < 4.78 is 5.48. The highest BCUT2D eigenvalue weighted by atomic mass is 35.5. The summed E-state index contributed by atoms with van der Waals surface area (Å²) in [7, 11) is 0. The van der Waals surface area contributed by atoms with Crippen LogP contribution in [-0.4, -0.2) is 13.2 Å². The molecule has 0 fully saturated rings. The quantitative estimate of drug-likeness (QED) is 0.799. The van der Waals surface area contributed by atoms with Crippen molar-refractivity contribution in [3.05, 3.63) is 63.6 Å². The van der Waals surface area contributed by atoms with Gasteiger partial charge in [-0.3, -0.25) is 0 Å². The van der Waals surface area contributed by atoms with E-state index in [1.807, 2.05) is 31.2 Å². The van der Waals surface area contributed by atoms with Crippen molar-refractivity contribution >= 4 is 23.2 Å². The van der Waals surface area contributed by atoms with Crippen LogP contribution in [0.2, 0.25) is 10.0 Å². The monoisotopic (exact) mass is 323 g/mol. The van der Waals surface area contributed by atoms with Crippen molar-refractivity contribution in [2.24, 2.45) is 0 Å². The minimum atomic E-state index is 0.0573. The molecule has 2 nitrogen and oxygen atoms in total. The fraction of sp³-hybridized carbons (Fsp3) is 0.294. The predicted molar refractivity (Wildman–Crippen MR) is 89.6 cm³/mol. The van der Waals surface area contributed by atoms with E-state index in [4.69, 9.17) is 27.9 Å². The first-order chi connectivity index (χ1) is 10.1. The van der Waals surface area contributed by atoms with E-state index in [2.05, 4.69) is 24.4 Å². The van der Waals surface area contributed by atoms with Gasteiger partial charge in [0.2, 0.25) is 0 Å². The molecule has 0 bridgehead atoms. The average molecular weight is 324 g/mol. The minimum Gasteiger partial charge on any atom is -0.494 e. The molecule has 0 spiro atoms. The highest BCUT2D eigenvalue weighted by Gasteiger charge is 2.14. The van der Waals surface area contributed by atoms with E-state index in [-0.39, 0.29) is 6.04 Å². The van der Waals surface area contributed by atoms with E-state index in [1.54, 1.807) is 6.07 Å². The average Bonchev–Trinajstić information content (AvgIpc) is 2.45. The fourth-order valence-corrected chi connectivity index (χ4v) is 2.84. The molecular formula is C17H19Cl2NO. The molecule has 0 aliphatic heterocycles. The van der Waals surface area contributed by atoms with Crippen LogP contribution in [0.5, 0.6) is 5.75 Å². The summed E-state index contributed by atoms with van der Waals surface area (Å²) in [6.45, 7) is 5.57. The van der Waals surface area contributed by atoms with Gasteiger partial charge in [0.1, 0.15) is 5.75 Å². The Morgan fingerprint density at radius 3 is 2.10 bits per heavy atom. The maximum atomic E-state index is 6.12. The molecule has 0 heterocycles. The van der Waals surface area contributed by atoms with E-state index in [1.165, 1.54) is 0 Å². The second-order valence-corrected chi connectivity index (χ2v) is 5.57. The number of hydrogen-bond donors (Lipinski definition) is 1. The van der Waals surface area contributed by atoms with Crippen molar-refractivity contribution in [2.75, 3.05) is 13.2 Å². The molecule has 112 valence electrons. The molecule has 0 aromatic heterocycles. The van der Waals surface area contributed by atoms with E-state index < -0.39 is 0 Å². The van der Waals surface area contributed by atoms with Crippen LogP contribution in [0.15, 0.2) is 42.5 Å². The Morgan fingerprint density at radius 2 is 1.57 bits per heavy atom. The fourth-order valence-electron chi connectivity index (χ4n) is 2.30. The number of halogens is 2. The number of rotatable bonds is 6. The molecule has 2 rings (SSSR count). The molecule has 0 aliphatic rings.